The van der Waals surface area contributed by atoms with Crippen molar-refractivity contribution in [1.82, 2.24) is 0 Å². The number of hydrogen-bond acceptors (Lipinski definition) is 4. The molecular weight excluding hydrogens is 238 g/mol. The summed E-state index contributed by atoms with van der Waals surface area (Å²) in [6.07, 6.45) is 0.425. The molecule has 1 rings (SSSR count). The van der Waals surface area contributed by atoms with Crippen LogP contribution in [0.4, 0.5) is 11.4 Å². The molecule has 5 heteroatoms. The monoisotopic (exact) mass is 253 g/mol. The van der Waals surface area contributed by atoms with Crippen LogP contribution in [0.15, 0.2) is 18.2 Å². The van der Waals surface area contributed by atoms with Crippen LogP contribution in [0, 0.1) is 11.3 Å². The van der Waals surface area contributed by atoms with Crippen molar-refractivity contribution in [2.75, 3.05) is 37.4 Å². The second-order valence-corrected chi connectivity index (χ2v) is 3.97. The fraction of sp³-hybridized carbons (Fsp3) is 0.417. The third-order valence-corrected chi connectivity index (χ3v) is 2.70. The zero-order valence-electron chi connectivity index (χ0n) is 9.82. The highest BCUT2D eigenvalue weighted by Gasteiger charge is 2.13. The smallest absolute Gasteiger partial charge is 0.0790 e. The Morgan fingerprint density at radius 1 is 1.47 bits per heavy atom. The average Bonchev–Trinajstić information content (AvgIpc) is 2.31. The molecular formula is C12H16ClN3O. The number of anilines is 2. The number of halogens is 1. The topological polar surface area (TPSA) is 62.3 Å². The number of ether oxygens (including phenoxy) is 1. The first kappa shape index (κ1) is 13.6. The van der Waals surface area contributed by atoms with Crippen molar-refractivity contribution in [3.05, 3.63) is 23.2 Å². The van der Waals surface area contributed by atoms with Gasteiger partial charge < -0.3 is 15.4 Å². The number of nitrogen functional groups attached to an aromatic ring is 1. The minimum atomic E-state index is 0.425. The summed E-state index contributed by atoms with van der Waals surface area (Å²) >= 11 is 6.14. The van der Waals surface area contributed by atoms with Crippen LogP contribution >= 0.6 is 11.6 Å². The lowest BCUT2D eigenvalue weighted by Crippen LogP contribution is -2.29. The van der Waals surface area contributed by atoms with E-state index < -0.39 is 0 Å². The summed E-state index contributed by atoms with van der Waals surface area (Å²) in [5.74, 6) is 0. The molecule has 0 aliphatic heterocycles. The fourth-order valence-corrected chi connectivity index (χ4v) is 1.89. The number of nitriles is 1. The molecule has 0 unspecified atom stereocenters. The van der Waals surface area contributed by atoms with E-state index in [1.165, 1.54) is 0 Å². The van der Waals surface area contributed by atoms with Crippen LogP contribution in [-0.4, -0.2) is 26.8 Å². The van der Waals surface area contributed by atoms with Crippen molar-refractivity contribution in [2.45, 2.75) is 6.42 Å². The third-order valence-electron chi connectivity index (χ3n) is 2.39. The van der Waals surface area contributed by atoms with E-state index in [1.54, 1.807) is 25.3 Å². The molecule has 1 aromatic carbocycles. The third kappa shape index (κ3) is 3.81. The molecule has 17 heavy (non-hydrogen) atoms. The standard InChI is InChI=1S/C12H16ClN3O/c1-17-9-8-16(7-3-6-14)12-10(13)4-2-5-11(12)15/h2,4-5H,3,7-9,15H2,1H3. The fourth-order valence-electron chi connectivity index (χ4n) is 1.59. The maximum absolute atomic E-state index is 8.65. The van der Waals surface area contributed by atoms with Crippen LogP contribution in [0.25, 0.3) is 0 Å². The molecule has 0 bridgehead atoms. The first-order chi connectivity index (χ1) is 8.20. The first-order valence-corrected chi connectivity index (χ1v) is 5.73. The van der Waals surface area contributed by atoms with Gasteiger partial charge in [-0.05, 0) is 12.1 Å². The van der Waals surface area contributed by atoms with Crippen LogP contribution in [0.3, 0.4) is 0 Å². The molecule has 0 aliphatic rings. The van der Waals surface area contributed by atoms with Crippen molar-refractivity contribution < 1.29 is 4.74 Å². The quantitative estimate of drug-likeness (QED) is 0.790. The molecule has 0 radical (unpaired) electrons. The van der Waals surface area contributed by atoms with Gasteiger partial charge >= 0.3 is 0 Å². The van der Waals surface area contributed by atoms with Gasteiger partial charge in [-0.15, -0.1) is 0 Å². The van der Waals surface area contributed by atoms with Gasteiger partial charge in [0.25, 0.3) is 0 Å². The second-order valence-electron chi connectivity index (χ2n) is 3.57. The molecule has 4 nitrogen and oxygen atoms in total. The van der Waals surface area contributed by atoms with Crippen LogP contribution in [0.5, 0.6) is 0 Å². The molecule has 92 valence electrons. The van der Waals surface area contributed by atoms with Crippen molar-refractivity contribution in [3.8, 4) is 6.07 Å². The van der Waals surface area contributed by atoms with E-state index in [2.05, 4.69) is 6.07 Å². The Morgan fingerprint density at radius 3 is 2.82 bits per heavy atom. The number of hydrogen-bond donors (Lipinski definition) is 1. The van der Waals surface area contributed by atoms with E-state index in [0.717, 1.165) is 5.69 Å². The summed E-state index contributed by atoms with van der Waals surface area (Å²) < 4.78 is 5.05. The van der Waals surface area contributed by atoms with Gasteiger partial charge in [0, 0.05) is 20.2 Å². The number of methoxy groups -OCH3 is 1. The number of para-hydroxylation sites is 1. The molecule has 0 atom stereocenters. The normalized spacial score (nSPS) is 9.94. The molecule has 0 heterocycles. The van der Waals surface area contributed by atoms with Crippen LogP contribution in [-0.2, 0) is 4.74 Å². The maximum Gasteiger partial charge on any atom is 0.0790 e. The van der Waals surface area contributed by atoms with E-state index in [0.29, 0.717) is 36.8 Å². The molecule has 2 N–H and O–H groups in total. The average molecular weight is 254 g/mol. The Kier molecular flexibility index (Phi) is 5.61. The zero-order chi connectivity index (χ0) is 12.7. The SMILES string of the molecule is COCCN(CCC#N)c1c(N)cccc1Cl. The summed E-state index contributed by atoms with van der Waals surface area (Å²) in [5, 5.41) is 9.25. The minimum Gasteiger partial charge on any atom is -0.397 e. The molecule has 0 fully saturated rings. The summed E-state index contributed by atoms with van der Waals surface area (Å²) in [5.41, 5.74) is 7.31. The van der Waals surface area contributed by atoms with E-state index in [1.807, 2.05) is 4.90 Å². The van der Waals surface area contributed by atoms with Crippen molar-refractivity contribution >= 4 is 23.0 Å². The number of rotatable bonds is 6. The van der Waals surface area contributed by atoms with E-state index >= 15 is 0 Å². The predicted molar refractivity (Wildman–Crippen MR) is 70.2 cm³/mol. The lowest BCUT2D eigenvalue weighted by molar-refractivity contribution is 0.205. The van der Waals surface area contributed by atoms with Crippen molar-refractivity contribution in [3.63, 3.8) is 0 Å². The van der Waals surface area contributed by atoms with Gasteiger partial charge in [-0.2, -0.15) is 5.26 Å². The largest absolute Gasteiger partial charge is 0.397 e. The number of nitrogens with zero attached hydrogens (tertiary/aromatic N) is 2. The molecule has 0 saturated carbocycles. The molecule has 0 spiro atoms. The van der Waals surface area contributed by atoms with Gasteiger partial charge in [0.1, 0.15) is 0 Å². The summed E-state index contributed by atoms with van der Waals surface area (Å²) in [6, 6.07) is 7.51. The molecule has 0 amide bonds. The van der Waals surface area contributed by atoms with Gasteiger partial charge in [0.15, 0.2) is 0 Å². The van der Waals surface area contributed by atoms with Gasteiger partial charge in [-0.25, -0.2) is 0 Å². The number of benzene rings is 1. The van der Waals surface area contributed by atoms with E-state index in [-0.39, 0.29) is 0 Å². The Morgan fingerprint density at radius 2 is 2.24 bits per heavy atom. The van der Waals surface area contributed by atoms with Crippen LogP contribution < -0.4 is 10.6 Å². The van der Waals surface area contributed by atoms with Gasteiger partial charge in [-0.3, -0.25) is 0 Å². The van der Waals surface area contributed by atoms with Gasteiger partial charge in [0.2, 0.25) is 0 Å². The van der Waals surface area contributed by atoms with Crippen molar-refractivity contribution in [2.24, 2.45) is 0 Å². The predicted octanol–water partition coefficient (Wildman–Crippen LogP) is 2.29. The number of nitrogens with two attached hydrogens (primary N) is 1. The molecule has 1 aromatic rings. The lowest BCUT2D eigenvalue weighted by atomic mass is 10.2. The molecule has 0 saturated heterocycles. The molecule has 0 aliphatic carbocycles. The van der Waals surface area contributed by atoms with Gasteiger partial charge in [-0.1, -0.05) is 17.7 Å². The van der Waals surface area contributed by atoms with Crippen LogP contribution in [0.1, 0.15) is 6.42 Å². The summed E-state index contributed by atoms with van der Waals surface area (Å²) in [6.45, 7) is 1.82. The Balaban J connectivity index is 2.91. The second kappa shape index (κ2) is 7.00. The highest BCUT2D eigenvalue weighted by molar-refractivity contribution is 6.34. The Hall–Kier alpha value is -1.44. The lowest BCUT2D eigenvalue weighted by Gasteiger charge is -2.25. The summed E-state index contributed by atoms with van der Waals surface area (Å²) in [7, 11) is 1.64. The zero-order valence-corrected chi connectivity index (χ0v) is 10.6. The Labute approximate surface area is 107 Å². The molecule has 0 aromatic heterocycles. The first-order valence-electron chi connectivity index (χ1n) is 5.35. The van der Waals surface area contributed by atoms with Crippen LogP contribution in [0.2, 0.25) is 5.02 Å². The van der Waals surface area contributed by atoms with E-state index in [9.17, 15) is 0 Å². The minimum absolute atomic E-state index is 0.425. The highest BCUT2D eigenvalue weighted by Crippen LogP contribution is 2.31. The summed E-state index contributed by atoms with van der Waals surface area (Å²) in [4.78, 5) is 1.98. The van der Waals surface area contributed by atoms with Crippen molar-refractivity contribution in [1.29, 1.82) is 5.26 Å². The van der Waals surface area contributed by atoms with E-state index in [4.69, 9.17) is 27.3 Å². The highest BCUT2D eigenvalue weighted by atomic mass is 35.5. The maximum atomic E-state index is 8.65. The Bertz CT molecular complexity index is 383. The van der Waals surface area contributed by atoms with Gasteiger partial charge in [0.05, 0.1) is 35.5 Å².